The number of rotatable bonds is 5. The molecule has 0 aliphatic rings. The standard InChI is InChI=1S/C12H16O2.C7H6O2.C5H11Br.CH2O3.2Cs.H/c1-12(2,3)9-14-11-6-4-10(8-13)5-7-11;8-5-6-1-3-7(9)4-2-6;1-5(2,3)4-6;2-1-4-3;;;/h4-8H,9H2,1-3H3;1-5,9H;4H2,1-3H3;1,3H;;;/q;;;;2*+1;-1/p-1. The first kappa shape index (κ1) is 43.4. The van der Waals surface area contributed by atoms with Crippen LogP contribution < -0.4 is 148 Å². The Hall–Kier alpha value is 1.39. The van der Waals surface area contributed by atoms with Crippen LogP contribution in [-0.2, 0) is 9.68 Å². The van der Waals surface area contributed by atoms with Gasteiger partial charge in [-0.3, -0.25) is 14.4 Å². The second-order valence-electron chi connectivity index (χ2n) is 9.13. The van der Waals surface area contributed by atoms with Gasteiger partial charge in [-0.25, -0.2) is 0 Å². The van der Waals surface area contributed by atoms with Crippen molar-refractivity contribution in [3.63, 3.8) is 0 Å². The van der Waals surface area contributed by atoms with Gasteiger partial charge in [-0.2, -0.15) is 0 Å². The number of hydrogen-bond acceptors (Lipinski definition) is 7. The molecule has 0 spiro atoms. The summed E-state index contributed by atoms with van der Waals surface area (Å²) in [5.41, 5.74) is 1.87. The van der Waals surface area contributed by atoms with Crippen LogP contribution in [0.5, 0.6) is 11.5 Å². The predicted octanol–water partition coefficient (Wildman–Crippen LogP) is -0.889. The summed E-state index contributed by atoms with van der Waals surface area (Å²) < 4.78 is 5.55. The minimum absolute atomic E-state index is 0. The molecule has 0 fully saturated rings. The number of carbonyl (C=O) groups is 3. The Kier molecular flexibility index (Phi) is 31.9. The minimum Gasteiger partial charge on any atom is -1.00 e. The molecule has 0 aliphatic carbocycles. The number of halogens is 1. The van der Waals surface area contributed by atoms with Crippen LogP contribution in [0, 0.1) is 10.8 Å². The first-order valence-corrected chi connectivity index (χ1v) is 11.1. The molecule has 1 N–H and O–H groups in total. The second-order valence-corrected chi connectivity index (χ2v) is 9.69. The Balaban J connectivity index is -0.000000127. The Morgan fingerprint density at radius 3 is 1.43 bits per heavy atom. The third kappa shape index (κ3) is 31.5. The Bertz CT molecular complexity index is 792. The molecule has 7 nitrogen and oxygen atoms in total. The quantitative estimate of drug-likeness (QED) is 0.181. The summed E-state index contributed by atoms with van der Waals surface area (Å²) in [5.74, 6) is 0.992. The molecular weight excluding hydrogens is 758 g/mol. The first-order valence-electron chi connectivity index (χ1n) is 10.0. The fourth-order valence-corrected chi connectivity index (χ4v) is 1.50. The molecule has 0 heterocycles. The molecule has 0 unspecified atom stereocenters. The van der Waals surface area contributed by atoms with Gasteiger partial charge in [0.15, 0.2) is 0 Å². The maximum atomic E-state index is 10.4. The summed E-state index contributed by atoms with van der Waals surface area (Å²) in [5, 5.41) is 18.3. The van der Waals surface area contributed by atoms with Gasteiger partial charge in [-0.1, -0.05) is 57.5 Å². The number of aromatic hydroxyl groups is 1. The van der Waals surface area contributed by atoms with Crippen LogP contribution in [0.1, 0.15) is 63.7 Å². The number of alkyl halides is 1. The molecule has 0 radical (unpaired) electrons. The molecule has 2 aromatic carbocycles. The fourth-order valence-electron chi connectivity index (χ4n) is 1.50. The third-order valence-electron chi connectivity index (χ3n) is 3.16. The van der Waals surface area contributed by atoms with E-state index in [1.807, 2.05) is 12.1 Å². The Labute approximate surface area is 336 Å². The number of phenolic OH excluding ortho intramolecular Hbond substituents is 1. The van der Waals surface area contributed by atoms with Crippen LogP contribution in [0.4, 0.5) is 0 Å². The average Bonchev–Trinajstić information content (AvgIpc) is 2.78. The maximum absolute atomic E-state index is 10.4. The summed E-state index contributed by atoms with van der Waals surface area (Å²) in [4.78, 5) is 31.7. The average molecular weight is 793 g/mol. The van der Waals surface area contributed by atoms with Crippen LogP contribution in [0.3, 0.4) is 0 Å². The van der Waals surface area contributed by atoms with Crippen molar-refractivity contribution >= 4 is 35.0 Å². The number of benzene rings is 2. The number of phenols is 1. The van der Waals surface area contributed by atoms with E-state index in [1.54, 1.807) is 24.3 Å². The topological polar surface area (TPSA) is 113 Å². The van der Waals surface area contributed by atoms with Crippen molar-refractivity contribution in [1.82, 2.24) is 0 Å². The maximum Gasteiger partial charge on any atom is 1.00 e. The zero-order valence-corrected chi connectivity index (χ0v) is 36.2. The van der Waals surface area contributed by atoms with E-state index >= 15 is 0 Å². The molecular formula is C25H35BrCs2O7. The van der Waals surface area contributed by atoms with Gasteiger partial charge < -0.3 is 21.4 Å². The van der Waals surface area contributed by atoms with Crippen LogP contribution in [0.2, 0.25) is 0 Å². The van der Waals surface area contributed by atoms with E-state index in [0.717, 1.165) is 23.7 Å². The SMILES string of the molecule is CC(C)(C)CBr.CC(C)(C)COc1ccc(C=O)cc1.O=CO[O-].O=Cc1ccc(O)cc1.[Cs+].[Cs+].[H-]. The number of hydrogen-bond donors (Lipinski definition) is 1. The molecule has 2 aromatic rings. The van der Waals surface area contributed by atoms with E-state index in [4.69, 9.17) is 19.9 Å². The minimum atomic E-state index is -0.181. The van der Waals surface area contributed by atoms with Gasteiger partial charge in [0.1, 0.15) is 24.1 Å². The van der Waals surface area contributed by atoms with Gasteiger partial charge in [0, 0.05) is 16.5 Å². The van der Waals surface area contributed by atoms with E-state index in [9.17, 15) is 9.59 Å². The van der Waals surface area contributed by atoms with Gasteiger partial charge in [0.2, 0.25) is 0 Å². The molecule has 0 atom stereocenters. The molecule has 186 valence electrons. The van der Waals surface area contributed by atoms with Crippen molar-refractivity contribution in [1.29, 1.82) is 0 Å². The van der Waals surface area contributed by atoms with E-state index < -0.39 is 0 Å². The van der Waals surface area contributed by atoms with E-state index in [2.05, 4.69) is 62.4 Å². The first-order chi connectivity index (χ1) is 15.3. The third-order valence-corrected chi connectivity index (χ3v) is 4.84. The van der Waals surface area contributed by atoms with Crippen molar-refractivity contribution < 1.29 is 174 Å². The Morgan fingerprint density at radius 2 is 1.17 bits per heavy atom. The van der Waals surface area contributed by atoms with Gasteiger partial charge in [-0.15, -0.1) is 0 Å². The molecule has 0 saturated carbocycles. The van der Waals surface area contributed by atoms with Gasteiger partial charge in [0.25, 0.3) is 6.47 Å². The van der Waals surface area contributed by atoms with Crippen LogP contribution in [-0.4, -0.2) is 36.1 Å². The number of carbonyl (C=O) groups excluding carboxylic acids is 3. The Morgan fingerprint density at radius 1 is 0.829 bits per heavy atom. The summed E-state index contributed by atoms with van der Waals surface area (Å²) in [6.45, 7) is 13.4. The van der Waals surface area contributed by atoms with Crippen molar-refractivity contribution in [2.75, 3.05) is 11.9 Å². The molecule has 0 amide bonds. The molecule has 2 rings (SSSR count). The van der Waals surface area contributed by atoms with Gasteiger partial charge >= 0.3 is 138 Å². The predicted molar refractivity (Wildman–Crippen MR) is 132 cm³/mol. The van der Waals surface area contributed by atoms with Gasteiger partial charge in [-0.05, 0) is 59.4 Å². The summed E-state index contributed by atoms with van der Waals surface area (Å²) in [6, 6.07) is 13.2. The van der Waals surface area contributed by atoms with E-state index in [1.165, 1.54) is 12.1 Å². The molecule has 0 aliphatic heterocycles. The monoisotopic (exact) mass is 792 g/mol. The molecule has 0 bridgehead atoms. The van der Waals surface area contributed by atoms with Gasteiger partial charge in [0.05, 0.1) is 6.61 Å². The smallest absolute Gasteiger partial charge is 1.00 e. The van der Waals surface area contributed by atoms with Crippen molar-refractivity contribution in [2.24, 2.45) is 10.8 Å². The van der Waals surface area contributed by atoms with Crippen molar-refractivity contribution in [3.05, 3.63) is 59.7 Å². The van der Waals surface area contributed by atoms with Crippen molar-refractivity contribution in [2.45, 2.75) is 41.5 Å². The normalized spacial score (nSPS) is 9.37. The van der Waals surface area contributed by atoms with E-state index in [-0.39, 0.29) is 157 Å². The van der Waals surface area contributed by atoms with Crippen LogP contribution in [0.15, 0.2) is 48.5 Å². The van der Waals surface area contributed by atoms with Crippen molar-refractivity contribution in [3.8, 4) is 11.5 Å². The summed E-state index contributed by atoms with van der Waals surface area (Å²) >= 11 is 3.37. The molecule has 0 saturated heterocycles. The zero-order valence-electron chi connectivity index (χ0n) is 23.0. The molecule has 0 aromatic heterocycles. The summed E-state index contributed by atoms with van der Waals surface area (Å²) in [7, 11) is 0. The molecule has 10 heteroatoms. The van der Waals surface area contributed by atoms with E-state index in [0.29, 0.717) is 23.1 Å². The second kappa shape index (κ2) is 25.7. The summed E-state index contributed by atoms with van der Waals surface area (Å²) in [6.07, 6.45) is 1.56. The molecule has 35 heavy (non-hydrogen) atoms. The van der Waals surface area contributed by atoms with Crippen LogP contribution in [0.25, 0.3) is 0 Å². The fraction of sp³-hybridized carbons (Fsp3) is 0.400. The number of aldehydes is 2. The number of ether oxygens (including phenoxy) is 1. The van der Waals surface area contributed by atoms with Crippen LogP contribution >= 0.6 is 15.9 Å². The largest absolute Gasteiger partial charge is 1.00 e. The zero-order chi connectivity index (χ0) is 25.9.